The lowest BCUT2D eigenvalue weighted by atomic mass is 9.92. The number of aryl methyl sites for hydroxylation is 1. The number of nitrogens with zero attached hydrogens (tertiary/aromatic N) is 2. The van der Waals surface area contributed by atoms with E-state index in [0.29, 0.717) is 17.7 Å². The highest BCUT2D eigenvalue weighted by Crippen LogP contribution is 2.24. The molecule has 0 amide bonds. The average Bonchev–Trinajstić information content (AvgIpc) is 3.16. The molecular weight excluding hydrogens is 462 g/mol. The summed E-state index contributed by atoms with van der Waals surface area (Å²) in [6.45, 7) is 0.454. The molecule has 7 nitrogen and oxygen atoms in total. The van der Waals surface area contributed by atoms with Gasteiger partial charge in [0.05, 0.1) is 6.33 Å². The van der Waals surface area contributed by atoms with Crippen LogP contribution in [-0.4, -0.2) is 37.7 Å². The van der Waals surface area contributed by atoms with E-state index < -0.39 is 21.7 Å². The second kappa shape index (κ2) is 11.4. The van der Waals surface area contributed by atoms with Gasteiger partial charge in [-0.1, -0.05) is 12.1 Å². The second-order valence-corrected chi connectivity index (χ2v) is 8.82. The molecular formula is C21H25ClF2N4O3S. The third kappa shape index (κ3) is 6.99. The van der Waals surface area contributed by atoms with Crippen LogP contribution in [0.2, 0.25) is 0 Å². The Labute approximate surface area is 192 Å². The highest BCUT2D eigenvalue weighted by molar-refractivity contribution is 7.89. The molecule has 3 N–H and O–H groups in total. The zero-order valence-electron chi connectivity index (χ0n) is 17.4. The molecule has 174 valence electrons. The molecule has 11 heteroatoms. The van der Waals surface area contributed by atoms with Gasteiger partial charge in [-0.3, -0.25) is 0 Å². The Morgan fingerprint density at radius 3 is 2.53 bits per heavy atom. The molecule has 0 spiro atoms. The number of aromatic nitrogens is 2. The topological polar surface area (TPSA) is 99.2 Å². The summed E-state index contributed by atoms with van der Waals surface area (Å²) in [5, 5.41) is -0.0587. The number of hydrogen-bond donors (Lipinski definition) is 2. The van der Waals surface area contributed by atoms with Gasteiger partial charge in [-0.25, -0.2) is 26.9 Å². The normalized spacial score (nSPS) is 12.2. The molecule has 2 aromatic carbocycles. The van der Waals surface area contributed by atoms with Crippen LogP contribution < -0.4 is 15.2 Å². The Kier molecular flexibility index (Phi) is 9.14. The van der Waals surface area contributed by atoms with Gasteiger partial charge >= 0.3 is 0 Å². The molecule has 1 heterocycles. The monoisotopic (exact) mass is 486 g/mol. The van der Waals surface area contributed by atoms with Crippen LogP contribution in [0.5, 0.6) is 5.75 Å². The van der Waals surface area contributed by atoms with Crippen molar-refractivity contribution in [1.29, 1.82) is 0 Å². The van der Waals surface area contributed by atoms with Gasteiger partial charge in [-0.15, -0.1) is 12.4 Å². The Morgan fingerprint density at radius 1 is 1.19 bits per heavy atom. The van der Waals surface area contributed by atoms with Gasteiger partial charge in [0.1, 0.15) is 24.0 Å². The number of hydrogen-bond acceptors (Lipinski definition) is 5. The Morgan fingerprint density at radius 2 is 1.91 bits per heavy atom. The molecule has 0 aliphatic heterocycles. The first-order valence-electron chi connectivity index (χ1n) is 9.62. The fraction of sp³-hybridized carbons (Fsp3) is 0.286. The number of imidazole rings is 1. The van der Waals surface area contributed by atoms with Crippen LogP contribution in [0, 0.1) is 11.6 Å². The standard InChI is InChI=1S/C21H24F2N4O3S.ClH/c1-27-13-21(25-14-27)31(28,29)26-5-6-30-20-4-2-3-16(10-20)17(12-24)7-15-8-18(22)11-19(23)9-15;/h2-4,8-11,13-14,17,26H,5-7,12,24H2,1H3;1H. The summed E-state index contributed by atoms with van der Waals surface area (Å²) < 4.78 is 60.9. The number of rotatable bonds is 10. The van der Waals surface area contributed by atoms with Crippen molar-refractivity contribution < 1.29 is 21.9 Å². The van der Waals surface area contributed by atoms with E-state index in [1.165, 1.54) is 24.7 Å². The van der Waals surface area contributed by atoms with Gasteiger partial charge in [-0.2, -0.15) is 0 Å². The number of ether oxygens (including phenoxy) is 1. The van der Waals surface area contributed by atoms with E-state index in [4.69, 9.17) is 10.5 Å². The van der Waals surface area contributed by atoms with Gasteiger partial charge in [-0.05, 0) is 48.4 Å². The number of nitrogens with two attached hydrogens (primary N) is 1. The van der Waals surface area contributed by atoms with Crippen LogP contribution in [-0.2, 0) is 23.5 Å². The predicted octanol–water partition coefficient (Wildman–Crippen LogP) is 2.76. The number of sulfonamides is 1. The smallest absolute Gasteiger partial charge is 0.259 e. The van der Waals surface area contributed by atoms with Gasteiger partial charge in [0, 0.05) is 31.8 Å². The fourth-order valence-electron chi connectivity index (χ4n) is 3.16. The minimum Gasteiger partial charge on any atom is -0.492 e. The number of benzene rings is 2. The zero-order chi connectivity index (χ0) is 22.4. The molecule has 3 rings (SSSR count). The lowest BCUT2D eigenvalue weighted by Gasteiger charge is -2.17. The summed E-state index contributed by atoms with van der Waals surface area (Å²) in [5.41, 5.74) is 7.27. The highest BCUT2D eigenvalue weighted by Gasteiger charge is 2.16. The third-order valence-electron chi connectivity index (χ3n) is 4.64. The van der Waals surface area contributed by atoms with E-state index in [9.17, 15) is 17.2 Å². The lowest BCUT2D eigenvalue weighted by molar-refractivity contribution is 0.322. The van der Waals surface area contributed by atoms with Crippen molar-refractivity contribution in [3.63, 3.8) is 0 Å². The molecule has 3 aromatic rings. The number of halogens is 3. The van der Waals surface area contributed by atoms with Crippen molar-refractivity contribution in [2.75, 3.05) is 19.7 Å². The molecule has 1 aromatic heterocycles. The van der Waals surface area contributed by atoms with Crippen LogP contribution in [0.4, 0.5) is 8.78 Å². The molecule has 0 fully saturated rings. The van der Waals surface area contributed by atoms with E-state index in [0.717, 1.165) is 11.6 Å². The summed E-state index contributed by atoms with van der Waals surface area (Å²) in [4.78, 5) is 3.82. The summed E-state index contributed by atoms with van der Waals surface area (Å²) in [5.74, 6) is -0.877. The van der Waals surface area contributed by atoms with E-state index in [1.54, 1.807) is 29.8 Å². The number of nitrogens with one attached hydrogen (secondary N) is 1. The largest absolute Gasteiger partial charge is 0.492 e. The maximum absolute atomic E-state index is 13.5. The molecule has 0 radical (unpaired) electrons. The van der Waals surface area contributed by atoms with Gasteiger partial charge in [0.15, 0.2) is 5.03 Å². The Hall–Kier alpha value is -2.53. The van der Waals surface area contributed by atoms with Crippen molar-refractivity contribution >= 4 is 22.4 Å². The Bertz CT molecular complexity index is 1120. The summed E-state index contributed by atoms with van der Waals surface area (Å²) >= 11 is 0. The van der Waals surface area contributed by atoms with E-state index in [-0.39, 0.29) is 43.0 Å². The first-order valence-corrected chi connectivity index (χ1v) is 11.1. The summed E-state index contributed by atoms with van der Waals surface area (Å²) in [6.07, 6.45) is 3.19. The van der Waals surface area contributed by atoms with Crippen LogP contribution in [0.15, 0.2) is 60.0 Å². The predicted molar refractivity (Wildman–Crippen MR) is 119 cm³/mol. The van der Waals surface area contributed by atoms with Crippen molar-refractivity contribution in [1.82, 2.24) is 14.3 Å². The van der Waals surface area contributed by atoms with Crippen LogP contribution in [0.3, 0.4) is 0 Å². The molecule has 1 atom stereocenters. The molecule has 1 unspecified atom stereocenters. The Balaban J connectivity index is 0.00000363. The maximum Gasteiger partial charge on any atom is 0.259 e. The quantitative estimate of drug-likeness (QED) is 0.429. The SMILES string of the molecule is Cl.Cn1cnc(S(=O)(=O)NCCOc2cccc(C(CN)Cc3cc(F)cc(F)c3)c2)c1. The first kappa shape index (κ1) is 25.7. The molecule has 0 bridgehead atoms. The lowest BCUT2D eigenvalue weighted by Crippen LogP contribution is -2.28. The summed E-state index contributed by atoms with van der Waals surface area (Å²) in [6, 6.07) is 10.6. The molecule has 0 saturated carbocycles. The van der Waals surface area contributed by atoms with Crippen molar-refractivity contribution in [3.8, 4) is 5.75 Å². The van der Waals surface area contributed by atoms with Gasteiger partial charge in [0.2, 0.25) is 0 Å². The third-order valence-corrected chi connectivity index (χ3v) is 5.98. The van der Waals surface area contributed by atoms with Crippen LogP contribution in [0.25, 0.3) is 0 Å². The van der Waals surface area contributed by atoms with E-state index in [2.05, 4.69) is 9.71 Å². The zero-order valence-corrected chi connectivity index (χ0v) is 19.0. The van der Waals surface area contributed by atoms with E-state index >= 15 is 0 Å². The van der Waals surface area contributed by atoms with Crippen molar-refractivity contribution in [2.24, 2.45) is 12.8 Å². The molecule has 0 aliphatic carbocycles. The molecule has 0 saturated heterocycles. The molecule has 32 heavy (non-hydrogen) atoms. The van der Waals surface area contributed by atoms with Gasteiger partial charge in [0.25, 0.3) is 10.0 Å². The fourth-order valence-corrected chi connectivity index (χ4v) is 4.15. The minimum absolute atomic E-state index is 0. The summed E-state index contributed by atoms with van der Waals surface area (Å²) in [7, 11) is -2.02. The van der Waals surface area contributed by atoms with Crippen molar-refractivity contribution in [3.05, 3.63) is 77.8 Å². The second-order valence-electron chi connectivity index (χ2n) is 7.11. The first-order chi connectivity index (χ1) is 14.8. The van der Waals surface area contributed by atoms with Crippen LogP contribution >= 0.6 is 12.4 Å². The van der Waals surface area contributed by atoms with E-state index in [1.807, 2.05) is 6.07 Å². The minimum atomic E-state index is -3.70. The average molecular weight is 487 g/mol. The van der Waals surface area contributed by atoms with Crippen molar-refractivity contribution in [2.45, 2.75) is 17.4 Å². The highest BCUT2D eigenvalue weighted by atomic mass is 35.5. The van der Waals surface area contributed by atoms with Crippen LogP contribution in [0.1, 0.15) is 17.0 Å². The maximum atomic E-state index is 13.5. The molecule has 0 aliphatic rings. The van der Waals surface area contributed by atoms with Gasteiger partial charge < -0.3 is 15.0 Å².